The number of amides is 1. The molecule has 1 unspecified atom stereocenters. The van der Waals surface area contributed by atoms with E-state index >= 15 is 0 Å². The number of benzene rings is 1. The summed E-state index contributed by atoms with van der Waals surface area (Å²) in [4.78, 5) is 18.0. The lowest BCUT2D eigenvalue weighted by Crippen LogP contribution is -2.49. The number of hydrogen-bond donors (Lipinski definition) is 1. The van der Waals surface area contributed by atoms with Crippen LogP contribution in [0.2, 0.25) is 0 Å². The monoisotopic (exact) mass is 512 g/mol. The number of nitrogens with two attached hydrogens (primary N) is 1. The van der Waals surface area contributed by atoms with Crippen molar-refractivity contribution in [2.75, 3.05) is 25.6 Å². The van der Waals surface area contributed by atoms with E-state index in [1.165, 1.54) is 0 Å². The normalized spacial score (nSPS) is 22.5. The van der Waals surface area contributed by atoms with E-state index in [4.69, 9.17) is 15.5 Å². The lowest BCUT2D eigenvalue weighted by atomic mass is 9.86. The molecule has 0 bridgehead atoms. The maximum absolute atomic E-state index is 13.7. The number of sulfone groups is 1. The summed E-state index contributed by atoms with van der Waals surface area (Å²) in [5, 5.41) is 0. The third-order valence-corrected chi connectivity index (χ3v) is 8.52. The number of imidazole rings is 1. The molecular formula is C24H34F2N4O4S. The first-order chi connectivity index (χ1) is 16.2. The van der Waals surface area contributed by atoms with Gasteiger partial charge in [-0.15, -0.1) is 0 Å². The number of primary amides is 1. The Kier molecular flexibility index (Phi) is 6.98. The lowest BCUT2D eigenvalue weighted by Gasteiger charge is -2.30. The van der Waals surface area contributed by atoms with Crippen LogP contribution in [-0.4, -0.2) is 66.4 Å². The average molecular weight is 513 g/mol. The molecule has 35 heavy (non-hydrogen) atoms. The highest BCUT2D eigenvalue weighted by atomic mass is 32.2. The number of fused-ring (bicyclic) bond motifs is 1. The van der Waals surface area contributed by atoms with E-state index in [0.717, 1.165) is 11.3 Å². The van der Waals surface area contributed by atoms with Gasteiger partial charge in [0.25, 0.3) is 0 Å². The third kappa shape index (κ3) is 5.83. The molecule has 194 valence electrons. The molecule has 8 nitrogen and oxygen atoms in total. The van der Waals surface area contributed by atoms with E-state index in [9.17, 15) is 22.0 Å². The summed E-state index contributed by atoms with van der Waals surface area (Å²) >= 11 is 0. The van der Waals surface area contributed by atoms with E-state index in [0.29, 0.717) is 31.4 Å². The Balaban J connectivity index is 1.60. The maximum Gasteiger partial charge on any atom is 0.248 e. The van der Waals surface area contributed by atoms with E-state index in [1.807, 2.05) is 20.8 Å². The van der Waals surface area contributed by atoms with Crippen LogP contribution in [0.25, 0.3) is 11.0 Å². The molecule has 2 N–H and O–H groups in total. The minimum Gasteiger partial charge on any atom is -0.367 e. The number of aromatic nitrogens is 2. The Labute approximate surface area is 204 Å². The van der Waals surface area contributed by atoms with Gasteiger partial charge in [0.2, 0.25) is 11.8 Å². The Hall–Kier alpha value is -2.11. The summed E-state index contributed by atoms with van der Waals surface area (Å²) in [5.41, 5.74) is 6.36. The third-order valence-electron chi connectivity index (χ3n) is 6.85. The van der Waals surface area contributed by atoms with Crippen LogP contribution in [0.1, 0.15) is 52.3 Å². The van der Waals surface area contributed by atoms with E-state index in [2.05, 4.69) is 4.57 Å². The van der Waals surface area contributed by atoms with Crippen LogP contribution < -0.4 is 5.73 Å². The summed E-state index contributed by atoms with van der Waals surface area (Å²) in [6.07, 6.45) is -0.125. The number of carbonyl (C=O) groups excluding carboxylic acids is 1. The van der Waals surface area contributed by atoms with Crippen molar-refractivity contribution in [1.29, 1.82) is 0 Å². The maximum atomic E-state index is 13.7. The van der Waals surface area contributed by atoms with Crippen molar-refractivity contribution in [2.24, 2.45) is 11.7 Å². The van der Waals surface area contributed by atoms with Crippen molar-refractivity contribution in [1.82, 2.24) is 14.5 Å². The highest BCUT2D eigenvalue weighted by molar-refractivity contribution is 7.91. The Morgan fingerprint density at radius 1 is 1.26 bits per heavy atom. The number of morpholine rings is 1. The van der Waals surface area contributed by atoms with Gasteiger partial charge in [-0.3, -0.25) is 9.69 Å². The molecule has 1 aromatic carbocycles. The highest BCUT2D eigenvalue weighted by Gasteiger charge is 2.36. The Morgan fingerprint density at radius 3 is 2.57 bits per heavy atom. The fraction of sp³-hybridized carbons (Fsp3) is 0.667. The summed E-state index contributed by atoms with van der Waals surface area (Å²) in [7, 11) is -3.69. The molecule has 4 rings (SSSR count). The average Bonchev–Trinajstić information content (AvgIpc) is 3.13. The largest absolute Gasteiger partial charge is 0.367 e. The summed E-state index contributed by atoms with van der Waals surface area (Å²) in [6, 6.07) is 4.91. The molecule has 2 aromatic rings. The van der Waals surface area contributed by atoms with Gasteiger partial charge in [0.05, 0.1) is 22.5 Å². The van der Waals surface area contributed by atoms with Gasteiger partial charge in [-0.25, -0.2) is 22.2 Å². The van der Waals surface area contributed by atoms with Gasteiger partial charge in [0.1, 0.15) is 17.8 Å². The molecule has 0 radical (unpaired) electrons. The summed E-state index contributed by atoms with van der Waals surface area (Å²) in [6.45, 7) is 7.41. The van der Waals surface area contributed by atoms with Crippen LogP contribution in [0.5, 0.6) is 0 Å². The van der Waals surface area contributed by atoms with Crippen molar-refractivity contribution >= 4 is 26.8 Å². The molecule has 1 aromatic heterocycles. The fourth-order valence-electron chi connectivity index (χ4n) is 4.91. The molecule has 1 atom stereocenters. The molecule has 2 heterocycles. The first-order valence-electron chi connectivity index (χ1n) is 12.0. The van der Waals surface area contributed by atoms with E-state index in [-0.39, 0.29) is 48.1 Å². The topological polar surface area (TPSA) is 108 Å². The van der Waals surface area contributed by atoms with Crippen LogP contribution in [0.15, 0.2) is 23.1 Å². The second kappa shape index (κ2) is 9.40. The van der Waals surface area contributed by atoms with Gasteiger partial charge in [-0.1, -0.05) is 20.8 Å². The Bertz CT molecular complexity index is 1200. The molecule has 1 amide bonds. The smallest absolute Gasteiger partial charge is 0.248 e. The first kappa shape index (κ1) is 26.0. The molecule has 2 fully saturated rings. The molecule has 11 heteroatoms. The van der Waals surface area contributed by atoms with Gasteiger partial charge in [-0.05, 0) is 37.0 Å². The van der Waals surface area contributed by atoms with Crippen LogP contribution >= 0.6 is 0 Å². The molecule has 1 saturated heterocycles. The zero-order valence-corrected chi connectivity index (χ0v) is 21.3. The minimum atomic E-state index is -3.69. The number of rotatable bonds is 6. The van der Waals surface area contributed by atoms with Crippen LogP contribution in [-0.2, 0) is 31.3 Å². The zero-order chi connectivity index (χ0) is 25.6. The van der Waals surface area contributed by atoms with Gasteiger partial charge in [0.15, 0.2) is 9.84 Å². The van der Waals surface area contributed by atoms with Crippen molar-refractivity contribution in [2.45, 2.75) is 75.3 Å². The number of nitrogens with zero attached hydrogens (tertiary/aromatic N) is 3. The van der Waals surface area contributed by atoms with Crippen molar-refractivity contribution < 1.29 is 26.7 Å². The van der Waals surface area contributed by atoms with Crippen LogP contribution in [0, 0.1) is 5.92 Å². The van der Waals surface area contributed by atoms with Gasteiger partial charge >= 0.3 is 0 Å². The number of carbonyl (C=O) groups is 1. The number of halogens is 2. The number of hydrogen-bond acceptors (Lipinski definition) is 6. The quantitative estimate of drug-likeness (QED) is 0.638. The van der Waals surface area contributed by atoms with Crippen LogP contribution in [0.3, 0.4) is 0 Å². The second-order valence-electron chi connectivity index (χ2n) is 10.8. The number of ether oxygens (including phenoxy) is 1. The fourth-order valence-corrected chi connectivity index (χ4v) is 6.34. The second-order valence-corrected chi connectivity index (χ2v) is 12.8. The lowest BCUT2D eigenvalue weighted by molar-refractivity contribution is -0.134. The molecular weight excluding hydrogens is 478 g/mol. The summed E-state index contributed by atoms with van der Waals surface area (Å²) < 4.78 is 61.0. The predicted octanol–water partition coefficient (Wildman–Crippen LogP) is 3.08. The van der Waals surface area contributed by atoms with Gasteiger partial charge in [0, 0.05) is 37.9 Å². The van der Waals surface area contributed by atoms with Crippen molar-refractivity contribution in [3.8, 4) is 0 Å². The SMILES string of the molecule is CC(C)(C)c1nc2cc(S(=O)(=O)CN3CCOC(C(N)=O)C3)ccc2n1CC1CCC(F)(F)CC1. The van der Waals surface area contributed by atoms with Gasteiger partial charge in [-0.2, -0.15) is 0 Å². The summed E-state index contributed by atoms with van der Waals surface area (Å²) in [5.74, 6) is -2.53. The molecule has 0 spiro atoms. The number of alkyl halides is 2. The van der Waals surface area contributed by atoms with E-state index in [1.54, 1.807) is 23.1 Å². The molecule has 2 aliphatic rings. The minimum absolute atomic E-state index is 0.101. The highest BCUT2D eigenvalue weighted by Crippen LogP contribution is 2.38. The predicted molar refractivity (Wildman–Crippen MR) is 128 cm³/mol. The first-order valence-corrected chi connectivity index (χ1v) is 13.6. The molecule has 1 aliphatic carbocycles. The van der Waals surface area contributed by atoms with Crippen molar-refractivity contribution in [3.63, 3.8) is 0 Å². The standard InChI is InChI=1S/C24H34F2N4O4S/c1-23(2,3)22-28-18-12-17(35(32,33)15-29-10-11-34-20(14-29)21(27)31)4-5-19(18)30(22)13-16-6-8-24(25,26)9-7-16/h4-5,12,16,20H,6-11,13-15H2,1-3H3,(H2,27,31). The Morgan fingerprint density at radius 2 is 1.94 bits per heavy atom. The van der Waals surface area contributed by atoms with E-state index < -0.39 is 27.8 Å². The molecule has 1 saturated carbocycles. The zero-order valence-electron chi connectivity index (χ0n) is 20.5. The van der Waals surface area contributed by atoms with Crippen LogP contribution in [0.4, 0.5) is 8.78 Å². The van der Waals surface area contributed by atoms with Crippen molar-refractivity contribution in [3.05, 3.63) is 24.0 Å². The molecule has 1 aliphatic heterocycles. The van der Waals surface area contributed by atoms with Gasteiger partial charge < -0.3 is 15.0 Å².